The molecular weight excluding hydrogens is 414 g/mol. The van der Waals surface area contributed by atoms with Gasteiger partial charge in [-0.2, -0.15) is 0 Å². The Morgan fingerprint density at radius 3 is 2.73 bits per heavy atom. The normalized spacial score (nSPS) is 14.3. The lowest BCUT2D eigenvalue weighted by Gasteiger charge is -2.35. The molecule has 1 aliphatic heterocycles. The van der Waals surface area contributed by atoms with Crippen LogP contribution in [0, 0.1) is 12.3 Å². The standard InChI is InChI=1S/C26H29N5O2/c1-5-18-7-6-8-20(13-18)29-26-22-14-19(24(33-4)16-23(22)27-17-28-26)15-25(32)31-11-9-21(10-12-31)30(2)3/h1,6-8,13-14,16-17,21H,9-12,15H2,2-4H3,(H,27,28,29). The summed E-state index contributed by atoms with van der Waals surface area (Å²) < 4.78 is 5.60. The molecule has 7 heteroatoms. The maximum absolute atomic E-state index is 13.1. The summed E-state index contributed by atoms with van der Waals surface area (Å²) in [5.74, 6) is 4.05. The zero-order chi connectivity index (χ0) is 23.4. The van der Waals surface area contributed by atoms with Crippen LogP contribution >= 0.6 is 0 Å². The number of ether oxygens (including phenoxy) is 1. The van der Waals surface area contributed by atoms with Crippen molar-refractivity contribution in [2.75, 3.05) is 39.6 Å². The molecule has 0 radical (unpaired) electrons. The number of fused-ring (bicyclic) bond motifs is 1. The van der Waals surface area contributed by atoms with E-state index in [9.17, 15) is 4.79 Å². The predicted molar refractivity (Wildman–Crippen MR) is 131 cm³/mol. The van der Waals surface area contributed by atoms with Gasteiger partial charge in [0.05, 0.1) is 19.0 Å². The minimum absolute atomic E-state index is 0.109. The number of hydrogen-bond donors (Lipinski definition) is 1. The number of rotatable bonds is 6. The first-order valence-corrected chi connectivity index (χ1v) is 11.1. The Hall–Kier alpha value is -3.63. The van der Waals surface area contributed by atoms with Crippen LogP contribution in [-0.4, -0.2) is 66.0 Å². The van der Waals surface area contributed by atoms with Crippen LogP contribution in [0.4, 0.5) is 11.5 Å². The van der Waals surface area contributed by atoms with Crippen molar-refractivity contribution >= 4 is 28.3 Å². The van der Waals surface area contributed by atoms with E-state index in [0.717, 1.165) is 53.6 Å². The average molecular weight is 444 g/mol. The zero-order valence-electron chi connectivity index (χ0n) is 19.3. The summed E-state index contributed by atoms with van der Waals surface area (Å²) in [6.45, 7) is 1.55. The van der Waals surface area contributed by atoms with Gasteiger partial charge in [0.1, 0.15) is 17.9 Å². The third kappa shape index (κ3) is 5.07. The van der Waals surface area contributed by atoms with Crippen LogP contribution in [-0.2, 0) is 11.2 Å². The topological polar surface area (TPSA) is 70.6 Å². The summed E-state index contributed by atoms with van der Waals surface area (Å²) in [6.07, 6.45) is 9.29. The molecule has 0 spiro atoms. The molecule has 0 bridgehead atoms. The van der Waals surface area contributed by atoms with Gasteiger partial charge < -0.3 is 19.9 Å². The Labute approximate surface area is 194 Å². The molecule has 7 nitrogen and oxygen atoms in total. The van der Waals surface area contributed by atoms with Crippen molar-refractivity contribution in [2.24, 2.45) is 0 Å². The molecule has 33 heavy (non-hydrogen) atoms. The number of aromatic nitrogens is 2. The van der Waals surface area contributed by atoms with E-state index in [2.05, 4.69) is 40.2 Å². The lowest BCUT2D eigenvalue weighted by molar-refractivity contribution is -0.131. The molecule has 1 aromatic heterocycles. The first-order valence-electron chi connectivity index (χ1n) is 11.1. The van der Waals surface area contributed by atoms with Gasteiger partial charge in [-0.1, -0.05) is 12.0 Å². The van der Waals surface area contributed by atoms with Gasteiger partial charge in [-0.05, 0) is 51.2 Å². The fourth-order valence-corrected chi connectivity index (χ4v) is 4.29. The van der Waals surface area contributed by atoms with E-state index < -0.39 is 0 Å². The van der Waals surface area contributed by atoms with Gasteiger partial charge in [0, 0.05) is 47.4 Å². The first-order chi connectivity index (χ1) is 16.0. The van der Waals surface area contributed by atoms with Crippen molar-refractivity contribution in [2.45, 2.75) is 25.3 Å². The maximum atomic E-state index is 13.1. The molecular formula is C26H29N5O2. The van der Waals surface area contributed by atoms with Crippen LogP contribution in [0.15, 0.2) is 42.7 Å². The molecule has 170 valence electrons. The molecule has 1 amide bonds. The summed E-state index contributed by atoms with van der Waals surface area (Å²) in [6, 6.07) is 11.9. The lowest BCUT2D eigenvalue weighted by Crippen LogP contribution is -2.45. The van der Waals surface area contributed by atoms with Gasteiger partial charge in [-0.15, -0.1) is 6.42 Å². The number of hydrogen-bond acceptors (Lipinski definition) is 6. The second-order valence-corrected chi connectivity index (χ2v) is 8.51. The van der Waals surface area contributed by atoms with Gasteiger partial charge in [-0.3, -0.25) is 4.79 Å². The molecule has 0 aliphatic carbocycles. The fraction of sp³-hybridized carbons (Fsp3) is 0.346. The van der Waals surface area contributed by atoms with Gasteiger partial charge in [0.15, 0.2) is 0 Å². The van der Waals surface area contributed by atoms with E-state index >= 15 is 0 Å². The SMILES string of the molecule is C#Cc1cccc(Nc2ncnc3cc(OC)c(CC(=O)N4CCC(N(C)C)CC4)cc23)c1. The van der Waals surface area contributed by atoms with Crippen molar-refractivity contribution in [3.05, 3.63) is 53.9 Å². The van der Waals surface area contributed by atoms with E-state index in [1.54, 1.807) is 7.11 Å². The highest BCUT2D eigenvalue weighted by molar-refractivity contribution is 5.93. The molecule has 1 saturated heterocycles. The molecule has 1 aliphatic rings. The molecule has 3 aromatic rings. The summed E-state index contributed by atoms with van der Waals surface area (Å²) in [5.41, 5.74) is 3.17. The van der Waals surface area contributed by atoms with Gasteiger partial charge in [0.25, 0.3) is 0 Å². The van der Waals surface area contributed by atoms with Crippen LogP contribution in [0.2, 0.25) is 0 Å². The Kier molecular flexibility index (Phi) is 6.76. The number of terminal acetylenes is 1. The number of nitrogens with one attached hydrogen (secondary N) is 1. The molecule has 1 fully saturated rings. The van der Waals surface area contributed by atoms with Crippen molar-refractivity contribution in [1.82, 2.24) is 19.8 Å². The lowest BCUT2D eigenvalue weighted by atomic mass is 10.0. The van der Waals surface area contributed by atoms with Crippen LogP contribution in [0.5, 0.6) is 5.75 Å². The number of nitrogens with zero attached hydrogens (tertiary/aromatic N) is 4. The Morgan fingerprint density at radius 2 is 2.03 bits per heavy atom. The first kappa shape index (κ1) is 22.6. The summed E-state index contributed by atoms with van der Waals surface area (Å²) in [7, 11) is 5.81. The monoisotopic (exact) mass is 443 g/mol. The highest BCUT2D eigenvalue weighted by Gasteiger charge is 2.25. The molecule has 2 aromatic carbocycles. The van der Waals surface area contributed by atoms with Crippen molar-refractivity contribution in [3.63, 3.8) is 0 Å². The number of methoxy groups -OCH3 is 1. The third-order valence-electron chi connectivity index (χ3n) is 6.22. The van der Waals surface area contributed by atoms with Crippen molar-refractivity contribution in [1.29, 1.82) is 0 Å². The molecule has 1 N–H and O–H groups in total. The average Bonchev–Trinajstić information content (AvgIpc) is 2.84. The molecule has 4 rings (SSSR count). The highest BCUT2D eigenvalue weighted by atomic mass is 16.5. The Bertz CT molecular complexity index is 1190. The summed E-state index contributed by atoms with van der Waals surface area (Å²) >= 11 is 0. The van der Waals surface area contributed by atoms with E-state index in [1.807, 2.05) is 41.3 Å². The van der Waals surface area contributed by atoms with Crippen LogP contribution < -0.4 is 10.1 Å². The molecule has 2 heterocycles. The van der Waals surface area contributed by atoms with E-state index in [1.165, 1.54) is 6.33 Å². The van der Waals surface area contributed by atoms with Crippen molar-refractivity contribution < 1.29 is 9.53 Å². The van der Waals surface area contributed by atoms with E-state index in [0.29, 0.717) is 17.6 Å². The van der Waals surface area contributed by atoms with Crippen LogP contribution in [0.25, 0.3) is 10.9 Å². The Balaban J connectivity index is 1.60. The number of likely N-dealkylation sites (tertiary alicyclic amines) is 1. The fourth-order valence-electron chi connectivity index (χ4n) is 4.29. The number of benzene rings is 2. The van der Waals surface area contributed by atoms with Gasteiger partial charge in [-0.25, -0.2) is 9.97 Å². The molecule has 0 atom stereocenters. The maximum Gasteiger partial charge on any atom is 0.227 e. The van der Waals surface area contributed by atoms with Crippen LogP contribution in [0.3, 0.4) is 0 Å². The van der Waals surface area contributed by atoms with E-state index in [4.69, 9.17) is 11.2 Å². The molecule has 0 saturated carbocycles. The summed E-state index contributed by atoms with van der Waals surface area (Å²) in [4.78, 5) is 26.1. The quantitative estimate of drug-likeness (QED) is 0.589. The highest BCUT2D eigenvalue weighted by Crippen LogP contribution is 2.30. The smallest absolute Gasteiger partial charge is 0.227 e. The van der Waals surface area contributed by atoms with Gasteiger partial charge >= 0.3 is 0 Å². The number of anilines is 2. The van der Waals surface area contributed by atoms with Crippen molar-refractivity contribution in [3.8, 4) is 18.1 Å². The van der Waals surface area contributed by atoms with Gasteiger partial charge in [0.2, 0.25) is 5.91 Å². The number of piperidine rings is 1. The van der Waals surface area contributed by atoms with Crippen LogP contribution in [0.1, 0.15) is 24.0 Å². The third-order valence-corrected chi connectivity index (χ3v) is 6.22. The number of amides is 1. The predicted octanol–water partition coefficient (Wildman–Crippen LogP) is 3.46. The minimum Gasteiger partial charge on any atom is -0.496 e. The largest absolute Gasteiger partial charge is 0.496 e. The molecule has 0 unspecified atom stereocenters. The van der Waals surface area contributed by atoms with E-state index in [-0.39, 0.29) is 12.3 Å². The number of carbonyl (C=O) groups excluding carboxylic acids is 1. The number of carbonyl (C=O) groups is 1. The second kappa shape index (κ2) is 9.88. The minimum atomic E-state index is 0.109. The second-order valence-electron chi connectivity index (χ2n) is 8.51. The summed E-state index contributed by atoms with van der Waals surface area (Å²) in [5, 5.41) is 4.15. The Morgan fingerprint density at radius 1 is 1.24 bits per heavy atom. The zero-order valence-corrected chi connectivity index (χ0v) is 19.3.